The fourth-order valence-electron chi connectivity index (χ4n) is 3.13. The number of rotatable bonds is 2. The normalized spacial score (nSPS) is 27.4. The molecule has 0 amide bonds. The molecule has 0 spiro atoms. The fourth-order valence-corrected chi connectivity index (χ4v) is 3.13. The van der Waals surface area contributed by atoms with Gasteiger partial charge in [0, 0.05) is 17.8 Å². The summed E-state index contributed by atoms with van der Waals surface area (Å²) >= 11 is 0. The lowest BCUT2D eigenvalue weighted by Gasteiger charge is -2.39. The molecule has 0 aromatic heterocycles. The summed E-state index contributed by atoms with van der Waals surface area (Å²) in [4.78, 5) is 2.43. The zero-order chi connectivity index (χ0) is 13.2. The molecule has 5 nitrogen and oxygen atoms in total. The molecule has 19 heavy (non-hydrogen) atoms. The highest BCUT2D eigenvalue weighted by atomic mass is 16.5. The van der Waals surface area contributed by atoms with E-state index in [1.165, 1.54) is 24.9 Å². The molecular weight excluding hydrogens is 242 g/mol. The van der Waals surface area contributed by atoms with Gasteiger partial charge in [-0.05, 0) is 43.5 Å². The van der Waals surface area contributed by atoms with Crippen molar-refractivity contribution >= 4 is 11.5 Å². The first kappa shape index (κ1) is 12.3. The van der Waals surface area contributed by atoms with Crippen molar-refractivity contribution in [1.82, 2.24) is 0 Å². The number of oxime groups is 1. The number of nitrogens with zero attached hydrogens (tertiary/aromatic N) is 2. The maximum absolute atomic E-state index is 8.67. The molecule has 2 fully saturated rings. The van der Waals surface area contributed by atoms with E-state index in [1.54, 1.807) is 0 Å². The second kappa shape index (κ2) is 5.09. The Morgan fingerprint density at radius 2 is 2.11 bits per heavy atom. The molecule has 1 saturated carbocycles. The van der Waals surface area contributed by atoms with Gasteiger partial charge in [-0.15, -0.1) is 0 Å². The summed E-state index contributed by atoms with van der Waals surface area (Å²) in [7, 11) is 0. The van der Waals surface area contributed by atoms with Crippen LogP contribution < -0.4 is 10.6 Å². The number of amidine groups is 1. The molecule has 102 valence electrons. The van der Waals surface area contributed by atoms with Gasteiger partial charge in [0.2, 0.25) is 0 Å². The molecule has 1 aromatic rings. The Hall–Kier alpha value is -1.75. The van der Waals surface area contributed by atoms with E-state index in [0.29, 0.717) is 12.1 Å². The Morgan fingerprint density at radius 3 is 2.84 bits per heavy atom. The van der Waals surface area contributed by atoms with Gasteiger partial charge in [-0.2, -0.15) is 0 Å². The van der Waals surface area contributed by atoms with Gasteiger partial charge in [-0.25, -0.2) is 0 Å². The zero-order valence-electron chi connectivity index (χ0n) is 10.8. The summed E-state index contributed by atoms with van der Waals surface area (Å²) < 4.78 is 5.82. The van der Waals surface area contributed by atoms with Crippen LogP contribution in [0.15, 0.2) is 29.4 Å². The third-order valence-electron chi connectivity index (χ3n) is 4.08. The van der Waals surface area contributed by atoms with Crippen LogP contribution in [0, 0.1) is 0 Å². The number of hydrogen-bond donors (Lipinski definition) is 2. The van der Waals surface area contributed by atoms with Gasteiger partial charge in [-0.3, -0.25) is 0 Å². The monoisotopic (exact) mass is 261 g/mol. The topological polar surface area (TPSA) is 71.1 Å². The molecule has 3 N–H and O–H groups in total. The molecule has 1 heterocycles. The maximum atomic E-state index is 8.67. The van der Waals surface area contributed by atoms with Crippen molar-refractivity contribution < 1.29 is 9.94 Å². The van der Waals surface area contributed by atoms with E-state index in [2.05, 4.69) is 10.1 Å². The molecule has 5 heteroatoms. The number of fused-ring (bicyclic) bond motifs is 1. The Kier molecular flexibility index (Phi) is 3.29. The predicted molar refractivity (Wildman–Crippen MR) is 73.7 cm³/mol. The second-order valence-corrected chi connectivity index (χ2v) is 5.13. The SMILES string of the molecule is NC(=NO)c1ccc(N2CCOC3CCCC32)cc1. The van der Waals surface area contributed by atoms with Gasteiger partial charge in [0.05, 0.1) is 18.8 Å². The lowest BCUT2D eigenvalue weighted by molar-refractivity contribution is 0.0256. The van der Waals surface area contributed by atoms with Crippen molar-refractivity contribution in [2.75, 3.05) is 18.1 Å². The summed E-state index contributed by atoms with van der Waals surface area (Å²) in [5.41, 5.74) is 7.50. The standard InChI is InChI=1S/C14H19N3O2/c15-14(16-18)10-4-6-11(7-5-10)17-8-9-19-13-3-1-2-12(13)17/h4-7,12-13,18H,1-3,8-9H2,(H2,15,16). The lowest BCUT2D eigenvalue weighted by Crippen LogP contribution is -2.48. The van der Waals surface area contributed by atoms with Gasteiger partial charge >= 0.3 is 0 Å². The molecule has 2 aliphatic rings. The highest BCUT2D eigenvalue weighted by Gasteiger charge is 2.36. The minimum Gasteiger partial charge on any atom is -0.409 e. The van der Waals surface area contributed by atoms with Crippen LogP contribution in [0.2, 0.25) is 0 Å². The summed E-state index contributed by atoms with van der Waals surface area (Å²) in [6.45, 7) is 1.73. The largest absolute Gasteiger partial charge is 0.409 e. The average molecular weight is 261 g/mol. The molecule has 1 aliphatic carbocycles. The van der Waals surface area contributed by atoms with Crippen LogP contribution in [0.3, 0.4) is 0 Å². The van der Waals surface area contributed by atoms with Crippen LogP contribution in [0.25, 0.3) is 0 Å². The van der Waals surface area contributed by atoms with Gasteiger partial charge in [0.15, 0.2) is 5.84 Å². The molecule has 3 rings (SSSR count). The van der Waals surface area contributed by atoms with Crippen molar-refractivity contribution in [3.8, 4) is 0 Å². The van der Waals surface area contributed by atoms with Crippen molar-refractivity contribution in [3.63, 3.8) is 0 Å². The van der Waals surface area contributed by atoms with Crippen molar-refractivity contribution in [2.24, 2.45) is 10.9 Å². The number of ether oxygens (including phenoxy) is 1. The maximum Gasteiger partial charge on any atom is 0.170 e. The molecule has 0 radical (unpaired) electrons. The first-order valence-electron chi connectivity index (χ1n) is 6.76. The third kappa shape index (κ3) is 2.26. The summed E-state index contributed by atoms with van der Waals surface area (Å²) in [6.07, 6.45) is 4.00. The van der Waals surface area contributed by atoms with Crippen molar-refractivity contribution in [1.29, 1.82) is 0 Å². The predicted octanol–water partition coefficient (Wildman–Crippen LogP) is 1.54. The third-order valence-corrected chi connectivity index (χ3v) is 4.08. The van der Waals surface area contributed by atoms with Crippen LogP contribution in [-0.4, -0.2) is 36.3 Å². The average Bonchev–Trinajstić information content (AvgIpc) is 2.95. The van der Waals surface area contributed by atoms with E-state index in [-0.39, 0.29) is 5.84 Å². The minimum absolute atomic E-state index is 0.146. The Balaban J connectivity index is 1.81. The lowest BCUT2D eigenvalue weighted by atomic mass is 10.1. The van der Waals surface area contributed by atoms with Gasteiger partial charge in [-0.1, -0.05) is 5.16 Å². The van der Waals surface area contributed by atoms with Crippen LogP contribution in [0.1, 0.15) is 24.8 Å². The first-order valence-corrected chi connectivity index (χ1v) is 6.76. The Morgan fingerprint density at radius 1 is 1.32 bits per heavy atom. The van der Waals surface area contributed by atoms with E-state index in [1.807, 2.05) is 24.3 Å². The number of nitrogens with two attached hydrogens (primary N) is 1. The number of hydrogen-bond acceptors (Lipinski definition) is 4. The fraction of sp³-hybridized carbons (Fsp3) is 0.500. The van der Waals surface area contributed by atoms with Crippen molar-refractivity contribution in [3.05, 3.63) is 29.8 Å². The van der Waals surface area contributed by atoms with Gasteiger partial charge < -0.3 is 20.6 Å². The number of anilines is 1. The molecule has 1 aromatic carbocycles. The zero-order valence-corrected chi connectivity index (χ0v) is 10.8. The molecule has 1 saturated heterocycles. The molecule has 2 atom stereocenters. The Labute approximate surface area is 112 Å². The quantitative estimate of drug-likeness (QED) is 0.366. The highest BCUT2D eigenvalue weighted by molar-refractivity contribution is 5.97. The van der Waals surface area contributed by atoms with Gasteiger partial charge in [0.1, 0.15) is 0 Å². The van der Waals surface area contributed by atoms with E-state index < -0.39 is 0 Å². The molecule has 1 aliphatic heterocycles. The summed E-state index contributed by atoms with van der Waals surface area (Å²) in [5, 5.41) is 11.7. The number of morpholine rings is 1. The van der Waals surface area contributed by atoms with Crippen LogP contribution in [0.4, 0.5) is 5.69 Å². The molecule has 0 bridgehead atoms. The van der Waals surface area contributed by atoms with Crippen LogP contribution >= 0.6 is 0 Å². The first-order chi connectivity index (χ1) is 9.29. The van der Waals surface area contributed by atoms with E-state index in [0.717, 1.165) is 18.7 Å². The second-order valence-electron chi connectivity index (χ2n) is 5.13. The molecular formula is C14H19N3O2. The summed E-state index contributed by atoms with van der Waals surface area (Å²) in [5.74, 6) is 0.146. The van der Waals surface area contributed by atoms with Gasteiger partial charge in [0.25, 0.3) is 0 Å². The van der Waals surface area contributed by atoms with E-state index >= 15 is 0 Å². The summed E-state index contributed by atoms with van der Waals surface area (Å²) in [6, 6.07) is 8.36. The van der Waals surface area contributed by atoms with Crippen molar-refractivity contribution in [2.45, 2.75) is 31.4 Å². The highest BCUT2D eigenvalue weighted by Crippen LogP contribution is 2.33. The Bertz CT molecular complexity index is 472. The number of benzene rings is 1. The van der Waals surface area contributed by atoms with E-state index in [4.69, 9.17) is 15.7 Å². The smallest absolute Gasteiger partial charge is 0.170 e. The van der Waals surface area contributed by atoms with Crippen LogP contribution in [0.5, 0.6) is 0 Å². The minimum atomic E-state index is 0.146. The molecule has 2 unspecified atom stereocenters. The van der Waals surface area contributed by atoms with E-state index in [9.17, 15) is 0 Å². The van der Waals surface area contributed by atoms with Crippen LogP contribution in [-0.2, 0) is 4.74 Å².